The number of nitrogens with zero attached hydrogens (tertiary/aromatic N) is 2. The normalized spacial score (nSPS) is 11.4. The van der Waals surface area contributed by atoms with E-state index in [0.29, 0.717) is 11.3 Å². The molecule has 6 nitrogen and oxygen atoms in total. The highest BCUT2D eigenvalue weighted by atomic mass is 32.2. The van der Waals surface area contributed by atoms with Gasteiger partial charge in [0.05, 0.1) is 11.6 Å². The number of thiazole rings is 1. The van der Waals surface area contributed by atoms with Crippen molar-refractivity contribution in [2.45, 2.75) is 23.9 Å². The Kier molecular flexibility index (Phi) is 7.06. The largest absolute Gasteiger partial charge is 0.454 e. The number of benzene rings is 1. The number of carbonyl (C=O) groups is 2. The van der Waals surface area contributed by atoms with Crippen molar-refractivity contribution in [2.75, 3.05) is 6.61 Å². The highest BCUT2D eigenvalue weighted by molar-refractivity contribution is 8.00. The molecule has 1 atom stereocenters. The molecule has 0 amide bonds. The van der Waals surface area contributed by atoms with E-state index in [-0.39, 0.29) is 5.71 Å². The van der Waals surface area contributed by atoms with E-state index in [9.17, 15) is 9.59 Å². The summed E-state index contributed by atoms with van der Waals surface area (Å²) in [7, 11) is 0. The van der Waals surface area contributed by atoms with Gasteiger partial charge in [-0.25, -0.2) is 9.78 Å². The van der Waals surface area contributed by atoms with Crippen molar-refractivity contribution < 1.29 is 14.3 Å². The number of Topliss-reactive ketones (excluding diaryl/α,β-unsaturated/α-hetero) is 1. The van der Waals surface area contributed by atoms with E-state index in [2.05, 4.69) is 4.98 Å². The second kappa shape index (κ2) is 9.27. The number of nitrogens with one attached hydrogen (secondary N) is 1. The molecule has 0 spiro atoms. The Balaban J connectivity index is 2.01. The average molecular weight is 387 g/mol. The van der Waals surface area contributed by atoms with Crippen LogP contribution in [-0.2, 0) is 15.3 Å². The molecule has 1 aromatic heterocycles. The number of rotatable bonds is 8. The monoisotopic (exact) mass is 387 g/mol. The first-order valence-electron chi connectivity index (χ1n) is 7.69. The third kappa shape index (κ3) is 5.25. The van der Waals surface area contributed by atoms with Gasteiger partial charge in [0.25, 0.3) is 0 Å². The Morgan fingerprint density at radius 2 is 2.15 bits per heavy atom. The maximum atomic E-state index is 12.3. The standard InChI is InChI=1S/C18H17N3O3S2/c1-11-9-25-18(21-11)26-10-13-5-3-4-6-14(13)17(23)24-8-16(22)15(7-19)12(2)20/h3-6,9,15,20H,8,10H2,1-2H3/t15-/m1/s1. The molecular weight excluding hydrogens is 370 g/mol. The van der Waals surface area contributed by atoms with Crippen molar-refractivity contribution >= 4 is 40.6 Å². The number of aryl methyl sites for hydroxylation is 1. The van der Waals surface area contributed by atoms with Gasteiger partial charge in [0.1, 0.15) is 10.3 Å². The summed E-state index contributed by atoms with van der Waals surface area (Å²) >= 11 is 3.07. The van der Waals surface area contributed by atoms with Crippen LogP contribution in [0.5, 0.6) is 0 Å². The number of aromatic nitrogens is 1. The quantitative estimate of drug-likeness (QED) is 0.421. The van der Waals surface area contributed by atoms with Gasteiger partial charge in [-0.2, -0.15) is 5.26 Å². The summed E-state index contributed by atoms with van der Waals surface area (Å²) in [6.45, 7) is 2.77. The summed E-state index contributed by atoms with van der Waals surface area (Å²) in [4.78, 5) is 28.6. The molecule has 134 valence electrons. The van der Waals surface area contributed by atoms with E-state index < -0.39 is 24.3 Å². The van der Waals surface area contributed by atoms with Crippen molar-refractivity contribution in [1.29, 1.82) is 10.7 Å². The van der Waals surface area contributed by atoms with Crippen LogP contribution in [-0.4, -0.2) is 29.1 Å². The summed E-state index contributed by atoms with van der Waals surface area (Å²) in [6.07, 6.45) is 0. The van der Waals surface area contributed by atoms with Crippen LogP contribution in [0.2, 0.25) is 0 Å². The molecule has 0 saturated heterocycles. The maximum Gasteiger partial charge on any atom is 0.338 e. The molecule has 0 aliphatic carbocycles. The van der Waals surface area contributed by atoms with Crippen LogP contribution in [0.1, 0.15) is 28.5 Å². The first-order chi connectivity index (χ1) is 12.4. The number of ketones is 1. The fourth-order valence-electron chi connectivity index (χ4n) is 2.09. The molecule has 1 aromatic carbocycles. The van der Waals surface area contributed by atoms with E-state index in [4.69, 9.17) is 15.4 Å². The minimum Gasteiger partial charge on any atom is -0.454 e. The smallest absolute Gasteiger partial charge is 0.338 e. The van der Waals surface area contributed by atoms with E-state index in [0.717, 1.165) is 15.6 Å². The SMILES string of the molecule is CC(=N)[C@@H](C#N)C(=O)COC(=O)c1ccccc1CSc1nc(C)cs1. The lowest BCUT2D eigenvalue weighted by molar-refractivity contribution is -0.122. The molecule has 2 aromatic rings. The molecule has 2 rings (SSSR count). The Hall–Kier alpha value is -2.50. The first-order valence-corrected chi connectivity index (χ1v) is 9.56. The van der Waals surface area contributed by atoms with Crippen LogP contribution >= 0.6 is 23.1 Å². The van der Waals surface area contributed by atoms with Crippen molar-refractivity contribution in [3.63, 3.8) is 0 Å². The van der Waals surface area contributed by atoms with Crippen LogP contribution in [0, 0.1) is 29.6 Å². The van der Waals surface area contributed by atoms with E-state index >= 15 is 0 Å². The Bertz CT molecular complexity index is 871. The van der Waals surface area contributed by atoms with E-state index in [1.807, 2.05) is 24.4 Å². The molecule has 1 N–H and O–H groups in total. The average Bonchev–Trinajstić information content (AvgIpc) is 3.03. The Morgan fingerprint density at radius 3 is 2.77 bits per heavy atom. The molecule has 8 heteroatoms. The molecule has 26 heavy (non-hydrogen) atoms. The van der Waals surface area contributed by atoms with Gasteiger partial charge in [0.2, 0.25) is 0 Å². The topological polar surface area (TPSA) is 104 Å². The molecular formula is C18H17N3O3S2. The summed E-state index contributed by atoms with van der Waals surface area (Å²) in [5.41, 5.74) is 2.05. The van der Waals surface area contributed by atoms with Gasteiger partial charge < -0.3 is 10.1 Å². The van der Waals surface area contributed by atoms with Crippen molar-refractivity contribution in [1.82, 2.24) is 4.98 Å². The van der Waals surface area contributed by atoms with Gasteiger partial charge in [-0.15, -0.1) is 11.3 Å². The third-order valence-electron chi connectivity index (χ3n) is 3.42. The Morgan fingerprint density at radius 1 is 1.42 bits per heavy atom. The molecule has 0 radical (unpaired) electrons. The zero-order chi connectivity index (χ0) is 19.1. The zero-order valence-corrected chi connectivity index (χ0v) is 15.9. The number of hydrogen-bond acceptors (Lipinski definition) is 8. The number of ether oxygens (including phenoxy) is 1. The van der Waals surface area contributed by atoms with Crippen LogP contribution in [0.4, 0.5) is 0 Å². The fraction of sp³-hybridized carbons (Fsp3) is 0.278. The number of nitriles is 1. The lowest BCUT2D eigenvalue weighted by atomic mass is 10.0. The second-order valence-corrected chi connectivity index (χ2v) is 7.57. The summed E-state index contributed by atoms with van der Waals surface area (Å²) < 4.78 is 5.98. The molecule has 0 fully saturated rings. The van der Waals surface area contributed by atoms with Crippen LogP contribution in [0.15, 0.2) is 34.0 Å². The molecule has 0 saturated carbocycles. The highest BCUT2D eigenvalue weighted by Gasteiger charge is 2.22. The predicted molar refractivity (Wildman–Crippen MR) is 101 cm³/mol. The summed E-state index contributed by atoms with van der Waals surface area (Å²) in [5.74, 6) is -1.85. The lowest BCUT2D eigenvalue weighted by Crippen LogP contribution is -2.25. The molecule has 0 aliphatic rings. The van der Waals surface area contributed by atoms with Gasteiger partial charge in [0, 0.05) is 22.5 Å². The van der Waals surface area contributed by atoms with Crippen LogP contribution < -0.4 is 0 Å². The highest BCUT2D eigenvalue weighted by Crippen LogP contribution is 2.27. The summed E-state index contributed by atoms with van der Waals surface area (Å²) in [6, 6.07) is 8.76. The van der Waals surface area contributed by atoms with Crippen molar-refractivity contribution in [3.8, 4) is 6.07 Å². The van der Waals surface area contributed by atoms with Gasteiger partial charge in [-0.1, -0.05) is 30.0 Å². The number of thioether (sulfide) groups is 1. The van der Waals surface area contributed by atoms with E-state index in [1.54, 1.807) is 29.5 Å². The van der Waals surface area contributed by atoms with Gasteiger partial charge in [-0.05, 0) is 25.5 Å². The minimum atomic E-state index is -1.18. The van der Waals surface area contributed by atoms with Crippen LogP contribution in [0.3, 0.4) is 0 Å². The van der Waals surface area contributed by atoms with Crippen molar-refractivity contribution in [3.05, 3.63) is 46.5 Å². The molecule has 0 bridgehead atoms. The third-order valence-corrected chi connectivity index (χ3v) is 5.60. The van der Waals surface area contributed by atoms with Gasteiger partial charge in [-0.3, -0.25) is 4.79 Å². The van der Waals surface area contributed by atoms with Gasteiger partial charge >= 0.3 is 5.97 Å². The minimum absolute atomic E-state index is 0.0657. The van der Waals surface area contributed by atoms with Crippen LogP contribution in [0.25, 0.3) is 0 Å². The maximum absolute atomic E-state index is 12.3. The molecule has 1 heterocycles. The second-order valence-electron chi connectivity index (χ2n) is 5.49. The van der Waals surface area contributed by atoms with E-state index in [1.165, 1.54) is 18.7 Å². The number of carbonyl (C=O) groups excluding carboxylic acids is 2. The first kappa shape index (κ1) is 19.8. The molecule has 0 unspecified atom stereocenters. The number of hydrogen-bond donors (Lipinski definition) is 1. The fourth-order valence-corrected chi connectivity index (χ4v) is 3.94. The lowest BCUT2D eigenvalue weighted by Gasteiger charge is -2.10. The predicted octanol–water partition coefficient (Wildman–Crippen LogP) is 3.65. The number of esters is 1. The zero-order valence-electron chi connectivity index (χ0n) is 14.3. The Labute approximate surface area is 159 Å². The molecule has 0 aliphatic heterocycles. The summed E-state index contributed by atoms with van der Waals surface area (Å²) in [5, 5.41) is 18.3. The van der Waals surface area contributed by atoms with Crippen molar-refractivity contribution in [2.24, 2.45) is 5.92 Å². The van der Waals surface area contributed by atoms with Gasteiger partial charge in [0.15, 0.2) is 12.4 Å².